The first kappa shape index (κ1) is 12.5. The van der Waals surface area contributed by atoms with Gasteiger partial charge in [-0.15, -0.1) is 0 Å². The fourth-order valence-electron chi connectivity index (χ4n) is 1.16. The van der Waals surface area contributed by atoms with Crippen molar-refractivity contribution in [3.8, 4) is 17.6 Å². The number of ether oxygens (including phenoxy) is 2. The van der Waals surface area contributed by atoms with Gasteiger partial charge in [0.2, 0.25) is 0 Å². The Bertz CT molecular complexity index is 451. The van der Waals surface area contributed by atoms with Crippen LogP contribution in [-0.4, -0.2) is 12.6 Å². The summed E-state index contributed by atoms with van der Waals surface area (Å²) in [6, 6.07) is 5.18. The van der Waals surface area contributed by atoms with Crippen LogP contribution < -0.4 is 9.47 Å². The minimum atomic E-state index is -0.486. The van der Waals surface area contributed by atoms with Gasteiger partial charge in [-0.05, 0) is 19.1 Å². The van der Waals surface area contributed by atoms with Crippen LogP contribution in [-0.2, 0) is 4.79 Å². The molecule has 0 spiro atoms. The van der Waals surface area contributed by atoms with Gasteiger partial charge in [0.25, 0.3) is 0 Å². The van der Waals surface area contributed by atoms with Crippen molar-refractivity contribution in [1.29, 1.82) is 5.26 Å². The third kappa shape index (κ3) is 2.97. The number of rotatable bonds is 3. The highest BCUT2D eigenvalue weighted by Gasteiger charge is 2.14. The van der Waals surface area contributed by atoms with Crippen molar-refractivity contribution in [2.24, 2.45) is 0 Å². The van der Waals surface area contributed by atoms with Gasteiger partial charge >= 0.3 is 5.97 Å². The first-order valence-electron chi connectivity index (χ1n) is 4.63. The molecule has 0 atom stereocenters. The molecule has 0 unspecified atom stereocenters. The van der Waals surface area contributed by atoms with Crippen molar-refractivity contribution < 1.29 is 14.3 Å². The molecule has 0 N–H and O–H groups in total. The molecule has 1 aromatic carbocycles. The highest BCUT2D eigenvalue weighted by atomic mass is 79.9. The van der Waals surface area contributed by atoms with Gasteiger partial charge in [0.1, 0.15) is 6.07 Å². The van der Waals surface area contributed by atoms with E-state index in [1.165, 1.54) is 6.92 Å². The van der Waals surface area contributed by atoms with Crippen molar-refractivity contribution in [2.45, 2.75) is 13.8 Å². The summed E-state index contributed by atoms with van der Waals surface area (Å²) in [5.74, 6) is 0.0588. The van der Waals surface area contributed by atoms with E-state index < -0.39 is 5.97 Å². The Morgan fingerprint density at radius 2 is 2.25 bits per heavy atom. The number of hydrogen-bond acceptors (Lipinski definition) is 4. The van der Waals surface area contributed by atoms with E-state index in [2.05, 4.69) is 15.9 Å². The molecule has 0 heterocycles. The Morgan fingerprint density at radius 3 is 2.75 bits per heavy atom. The summed E-state index contributed by atoms with van der Waals surface area (Å²) in [4.78, 5) is 10.9. The molecule has 16 heavy (non-hydrogen) atoms. The van der Waals surface area contributed by atoms with Gasteiger partial charge in [-0.3, -0.25) is 4.79 Å². The Kier molecular flexibility index (Phi) is 4.32. The molecule has 0 aliphatic heterocycles. The largest absolute Gasteiger partial charge is 0.490 e. The summed E-state index contributed by atoms with van der Waals surface area (Å²) < 4.78 is 11.0. The van der Waals surface area contributed by atoms with Gasteiger partial charge in [-0.1, -0.05) is 15.9 Å². The van der Waals surface area contributed by atoms with Crippen LogP contribution in [0.4, 0.5) is 0 Å². The molecule has 0 aromatic heterocycles. The summed E-state index contributed by atoms with van der Waals surface area (Å²) in [6.07, 6.45) is 0. The van der Waals surface area contributed by atoms with E-state index in [-0.39, 0.29) is 11.3 Å². The van der Waals surface area contributed by atoms with Crippen LogP contribution in [0.25, 0.3) is 0 Å². The summed E-state index contributed by atoms with van der Waals surface area (Å²) in [5.41, 5.74) is 0.257. The Labute approximate surface area is 102 Å². The highest BCUT2D eigenvalue weighted by Crippen LogP contribution is 2.34. The summed E-state index contributed by atoms with van der Waals surface area (Å²) in [5, 5.41) is 8.93. The lowest BCUT2D eigenvalue weighted by Crippen LogP contribution is -2.06. The molecule has 0 saturated carbocycles. The number of esters is 1. The fourth-order valence-corrected chi connectivity index (χ4v) is 1.60. The number of carbonyl (C=O) groups excluding carboxylic acids is 1. The minimum absolute atomic E-state index is 0.167. The van der Waals surface area contributed by atoms with E-state index >= 15 is 0 Å². The molecule has 0 amide bonds. The minimum Gasteiger partial charge on any atom is -0.490 e. The number of halogens is 1. The molecule has 0 aliphatic carbocycles. The topological polar surface area (TPSA) is 59.3 Å². The summed E-state index contributed by atoms with van der Waals surface area (Å²) >= 11 is 3.25. The van der Waals surface area contributed by atoms with Gasteiger partial charge in [0.15, 0.2) is 11.5 Å². The van der Waals surface area contributed by atoms with Gasteiger partial charge in [0, 0.05) is 11.4 Å². The maximum Gasteiger partial charge on any atom is 0.308 e. The molecule has 4 nitrogen and oxygen atoms in total. The zero-order chi connectivity index (χ0) is 12.1. The van der Waals surface area contributed by atoms with E-state index in [4.69, 9.17) is 14.7 Å². The first-order chi connectivity index (χ1) is 7.58. The lowest BCUT2D eigenvalue weighted by molar-refractivity contribution is -0.132. The molecule has 1 rings (SSSR count). The predicted octanol–water partition coefficient (Wildman–Crippen LogP) is 2.64. The third-order valence-electron chi connectivity index (χ3n) is 1.69. The Morgan fingerprint density at radius 1 is 1.56 bits per heavy atom. The zero-order valence-electron chi connectivity index (χ0n) is 8.91. The maximum atomic E-state index is 10.9. The molecule has 0 aliphatic rings. The van der Waals surface area contributed by atoms with Crippen LogP contribution in [0.1, 0.15) is 19.4 Å². The van der Waals surface area contributed by atoms with Crippen molar-refractivity contribution in [2.75, 3.05) is 6.61 Å². The van der Waals surface area contributed by atoms with E-state index in [0.717, 1.165) is 0 Å². The number of hydrogen-bond donors (Lipinski definition) is 0. The maximum absolute atomic E-state index is 10.9. The highest BCUT2D eigenvalue weighted by molar-refractivity contribution is 9.10. The van der Waals surface area contributed by atoms with E-state index in [9.17, 15) is 4.79 Å². The molecule has 5 heteroatoms. The van der Waals surface area contributed by atoms with Crippen molar-refractivity contribution >= 4 is 21.9 Å². The van der Waals surface area contributed by atoms with Crippen molar-refractivity contribution in [3.05, 3.63) is 22.2 Å². The molecule has 1 aromatic rings. The van der Waals surface area contributed by atoms with Gasteiger partial charge in [0.05, 0.1) is 12.2 Å². The molecular formula is C11H10BrNO3. The molecule has 0 bridgehead atoms. The normalized spacial score (nSPS) is 9.38. The van der Waals surface area contributed by atoms with E-state index in [1.807, 2.05) is 13.0 Å². The van der Waals surface area contributed by atoms with Crippen LogP contribution in [0.3, 0.4) is 0 Å². The monoisotopic (exact) mass is 283 g/mol. The SMILES string of the molecule is CCOc1cc(Br)cc(C#N)c1OC(C)=O. The van der Waals surface area contributed by atoms with E-state index in [0.29, 0.717) is 16.8 Å². The first-order valence-corrected chi connectivity index (χ1v) is 5.42. The molecule has 0 fully saturated rings. The Balaban J connectivity index is 3.28. The van der Waals surface area contributed by atoms with Crippen molar-refractivity contribution in [1.82, 2.24) is 0 Å². The van der Waals surface area contributed by atoms with E-state index in [1.54, 1.807) is 12.1 Å². The number of nitrogens with zero attached hydrogens (tertiary/aromatic N) is 1. The average molecular weight is 284 g/mol. The lowest BCUT2D eigenvalue weighted by Gasteiger charge is -2.11. The zero-order valence-corrected chi connectivity index (χ0v) is 10.5. The van der Waals surface area contributed by atoms with Gasteiger partial charge in [-0.25, -0.2) is 0 Å². The van der Waals surface area contributed by atoms with Gasteiger partial charge < -0.3 is 9.47 Å². The van der Waals surface area contributed by atoms with Crippen LogP contribution in [0.15, 0.2) is 16.6 Å². The van der Waals surface area contributed by atoms with Crippen LogP contribution in [0.5, 0.6) is 11.5 Å². The van der Waals surface area contributed by atoms with Gasteiger partial charge in [-0.2, -0.15) is 5.26 Å². The fraction of sp³-hybridized carbons (Fsp3) is 0.273. The molecular weight excluding hydrogens is 274 g/mol. The average Bonchev–Trinajstić information content (AvgIpc) is 2.21. The predicted molar refractivity (Wildman–Crippen MR) is 61.3 cm³/mol. The number of benzene rings is 1. The van der Waals surface area contributed by atoms with Crippen LogP contribution in [0.2, 0.25) is 0 Å². The quantitative estimate of drug-likeness (QED) is 0.632. The Hall–Kier alpha value is -1.54. The summed E-state index contributed by atoms with van der Waals surface area (Å²) in [6.45, 7) is 3.51. The van der Waals surface area contributed by atoms with Crippen LogP contribution in [0, 0.1) is 11.3 Å². The molecule has 0 saturated heterocycles. The summed E-state index contributed by atoms with van der Waals surface area (Å²) in [7, 11) is 0. The standard InChI is InChI=1S/C11H10BrNO3/c1-3-15-10-5-9(12)4-8(6-13)11(10)16-7(2)14/h4-5H,3H2,1-2H3. The molecule has 84 valence electrons. The number of nitriles is 1. The second-order valence-electron chi connectivity index (χ2n) is 2.92. The number of carbonyl (C=O) groups is 1. The van der Waals surface area contributed by atoms with Crippen molar-refractivity contribution in [3.63, 3.8) is 0 Å². The smallest absolute Gasteiger partial charge is 0.308 e. The second kappa shape index (κ2) is 5.52. The van der Waals surface area contributed by atoms with Crippen LogP contribution >= 0.6 is 15.9 Å². The third-order valence-corrected chi connectivity index (χ3v) is 2.14. The molecule has 0 radical (unpaired) electrons. The lowest BCUT2D eigenvalue weighted by atomic mass is 10.2. The second-order valence-corrected chi connectivity index (χ2v) is 3.83.